The molecule has 3 heterocycles. The molecule has 8 heteroatoms. The summed E-state index contributed by atoms with van der Waals surface area (Å²) in [6.07, 6.45) is 0. The van der Waals surface area contributed by atoms with Crippen molar-refractivity contribution in [3.8, 4) is 0 Å². The van der Waals surface area contributed by atoms with Gasteiger partial charge in [0.25, 0.3) is 11.7 Å². The Morgan fingerprint density at radius 3 is 2.71 bits per heavy atom. The van der Waals surface area contributed by atoms with Crippen molar-refractivity contribution < 1.29 is 9.53 Å². The standard InChI is InChI=1S/C16H24N6O2/c1-11-9-12(2)22-15(18-11)19-13(20-22)14(23)17-10-16(3,4)21-5-7-24-8-6-21/h9H,5-8,10H2,1-4H3,(H,17,23). The number of hydrogen-bond donors (Lipinski definition) is 1. The molecule has 0 unspecified atom stereocenters. The highest BCUT2D eigenvalue weighted by atomic mass is 16.5. The fourth-order valence-electron chi connectivity index (χ4n) is 2.92. The van der Waals surface area contributed by atoms with Gasteiger partial charge in [-0.3, -0.25) is 9.69 Å². The van der Waals surface area contributed by atoms with Crippen molar-refractivity contribution >= 4 is 11.7 Å². The van der Waals surface area contributed by atoms with Gasteiger partial charge in [-0.25, -0.2) is 9.50 Å². The van der Waals surface area contributed by atoms with Crippen LogP contribution in [-0.4, -0.2) is 68.8 Å². The van der Waals surface area contributed by atoms with Crippen LogP contribution in [0.25, 0.3) is 5.78 Å². The molecule has 1 saturated heterocycles. The van der Waals surface area contributed by atoms with Crippen LogP contribution in [0.1, 0.15) is 35.9 Å². The summed E-state index contributed by atoms with van der Waals surface area (Å²) in [5.41, 5.74) is 1.61. The Labute approximate surface area is 141 Å². The SMILES string of the molecule is Cc1cc(C)n2nc(C(=O)NCC(C)(C)N3CCOCC3)nc2n1. The van der Waals surface area contributed by atoms with E-state index in [9.17, 15) is 4.79 Å². The van der Waals surface area contributed by atoms with Gasteiger partial charge in [-0.1, -0.05) is 0 Å². The molecule has 0 bridgehead atoms. The second-order valence-electron chi connectivity index (χ2n) is 6.78. The van der Waals surface area contributed by atoms with Gasteiger partial charge in [0, 0.05) is 36.6 Å². The van der Waals surface area contributed by atoms with Crippen LogP contribution in [0.4, 0.5) is 0 Å². The lowest BCUT2D eigenvalue weighted by Gasteiger charge is -2.40. The topological polar surface area (TPSA) is 84.7 Å². The first kappa shape index (κ1) is 16.8. The lowest BCUT2D eigenvalue weighted by Crippen LogP contribution is -2.55. The predicted octanol–water partition coefficient (Wildman–Crippen LogP) is 0.582. The molecule has 3 rings (SSSR count). The minimum absolute atomic E-state index is 0.147. The number of morpholine rings is 1. The first-order chi connectivity index (χ1) is 11.4. The monoisotopic (exact) mass is 332 g/mol. The van der Waals surface area contributed by atoms with Crippen LogP contribution < -0.4 is 5.32 Å². The van der Waals surface area contributed by atoms with E-state index in [4.69, 9.17) is 4.74 Å². The summed E-state index contributed by atoms with van der Waals surface area (Å²) in [6, 6.07) is 1.91. The molecule has 1 fully saturated rings. The Kier molecular flexibility index (Phi) is 4.51. The van der Waals surface area contributed by atoms with E-state index in [0.717, 1.165) is 37.7 Å². The number of carbonyl (C=O) groups is 1. The molecular formula is C16H24N6O2. The summed E-state index contributed by atoms with van der Waals surface area (Å²) in [6.45, 7) is 11.8. The number of aryl methyl sites for hydroxylation is 2. The minimum atomic E-state index is -0.279. The molecule has 1 amide bonds. The van der Waals surface area contributed by atoms with Gasteiger partial charge in [0.1, 0.15) is 0 Å². The zero-order chi connectivity index (χ0) is 17.3. The fourth-order valence-corrected chi connectivity index (χ4v) is 2.92. The number of nitrogens with zero attached hydrogens (tertiary/aromatic N) is 5. The number of aromatic nitrogens is 4. The predicted molar refractivity (Wildman–Crippen MR) is 89.1 cm³/mol. The summed E-state index contributed by atoms with van der Waals surface area (Å²) in [5.74, 6) is 0.318. The van der Waals surface area contributed by atoms with Crippen LogP contribution in [0.15, 0.2) is 6.07 Å². The lowest BCUT2D eigenvalue weighted by atomic mass is 10.0. The van der Waals surface area contributed by atoms with Gasteiger partial charge < -0.3 is 10.1 Å². The molecule has 1 aliphatic heterocycles. The van der Waals surface area contributed by atoms with Crippen molar-refractivity contribution in [2.75, 3.05) is 32.8 Å². The maximum Gasteiger partial charge on any atom is 0.291 e. The molecule has 0 atom stereocenters. The molecule has 24 heavy (non-hydrogen) atoms. The van der Waals surface area contributed by atoms with Crippen LogP contribution >= 0.6 is 0 Å². The van der Waals surface area contributed by atoms with Crippen molar-refractivity contribution in [2.24, 2.45) is 0 Å². The van der Waals surface area contributed by atoms with Gasteiger partial charge >= 0.3 is 0 Å². The fraction of sp³-hybridized carbons (Fsp3) is 0.625. The molecule has 130 valence electrons. The molecule has 0 spiro atoms. The number of ether oxygens (including phenoxy) is 1. The van der Waals surface area contributed by atoms with Crippen molar-refractivity contribution in [3.05, 3.63) is 23.3 Å². The van der Waals surface area contributed by atoms with E-state index in [-0.39, 0.29) is 17.3 Å². The number of fused-ring (bicyclic) bond motifs is 1. The smallest absolute Gasteiger partial charge is 0.291 e. The van der Waals surface area contributed by atoms with Gasteiger partial charge in [0.15, 0.2) is 0 Å². The lowest BCUT2D eigenvalue weighted by molar-refractivity contribution is -0.00926. The maximum atomic E-state index is 12.4. The van der Waals surface area contributed by atoms with E-state index in [1.807, 2.05) is 19.9 Å². The number of amides is 1. The number of hydrogen-bond acceptors (Lipinski definition) is 6. The molecule has 2 aromatic rings. The number of rotatable bonds is 4. The average Bonchev–Trinajstić information content (AvgIpc) is 2.98. The molecule has 8 nitrogen and oxygen atoms in total. The zero-order valence-corrected chi connectivity index (χ0v) is 14.7. The molecule has 1 aliphatic rings. The third-order valence-electron chi connectivity index (χ3n) is 4.37. The second kappa shape index (κ2) is 6.45. The summed E-state index contributed by atoms with van der Waals surface area (Å²) < 4.78 is 6.98. The number of nitrogens with one attached hydrogen (secondary N) is 1. The van der Waals surface area contributed by atoms with Crippen molar-refractivity contribution in [2.45, 2.75) is 33.2 Å². The van der Waals surface area contributed by atoms with Gasteiger partial charge in [-0.15, -0.1) is 5.10 Å². The van der Waals surface area contributed by atoms with Gasteiger partial charge in [0.05, 0.1) is 13.2 Å². The molecule has 2 aromatic heterocycles. The summed E-state index contributed by atoms with van der Waals surface area (Å²) in [7, 11) is 0. The molecule has 0 aromatic carbocycles. The molecule has 0 radical (unpaired) electrons. The van der Waals surface area contributed by atoms with Gasteiger partial charge in [0.2, 0.25) is 5.82 Å². The van der Waals surface area contributed by atoms with E-state index in [2.05, 4.69) is 39.1 Å². The van der Waals surface area contributed by atoms with E-state index in [1.54, 1.807) is 4.52 Å². The van der Waals surface area contributed by atoms with Crippen LogP contribution in [-0.2, 0) is 4.74 Å². The summed E-state index contributed by atoms with van der Waals surface area (Å²) >= 11 is 0. The van der Waals surface area contributed by atoms with Gasteiger partial charge in [-0.2, -0.15) is 4.98 Å². The first-order valence-corrected chi connectivity index (χ1v) is 8.19. The highest BCUT2D eigenvalue weighted by Crippen LogP contribution is 2.15. The van der Waals surface area contributed by atoms with E-state index >= 15 is 0 Å². The quantitative estimate of drug-likeness (QED) is 0.882. The van der Waals surface area contributed by atoms with Crippen molar-refractivity contribution in [1.82, 2.24) is 29.8 Å². The Bertz CT molecular complexity index is 748. The van der Waals surface area contributed by atoms with Crippen molar-refractivity contribution in [3.63, 3.8) is 0 Å². The normalized spacial score (nSPS) is 16.5. The van der Waals surface area contributed by atoms with Crippen LogP contribution in [0, 0.1) is 13.8 Å². The van der Waals surface area contributed by atoms with Crippen molar-refractivity contribution in [1.29, 1.82) is 0 Å². The number of carbonyl (C=O) groups excluding carboxylic acids is 1. The van der Waals surface area contributed by atoms with Crippen LogP contribution in [0.3, 0.4) is 0 Å². The minimum Gasteiger partial charge on any atom is -0.379 e. The Morgan fingerprint density at radius 1 is 1.29 bits per heavy atom. The van der Waals surface area contributed by atoms with Crippen LogP contribution in [0.5, 0.6) is 0 Å². The zero-order valence-electron chi connectivity index (χ0n) is 14.7. The van der Waals surface area contributed by atoms with Crippen LogP contribution in [0.2, 0.25) is 0 Å². The third kappa shape index (κ3) is 3.39. The second-order valence-corrected chi connectivity index (χ2v) is 6.78. The third-order valence-corrected chi connectivity index (χ3v) is 4.37. The molecule has 0 saturated carbocycles. The summed E-state index contributed by atoms with van der Waals surface area (Å²) in [4.78, 5) is 23.3. The average molecular weight is 332 g/mol. The van der Waals surface area contributed by atoms with E-state index < -0.39 is 0 Å². The summed E-state index contributed by atoms with van der Waals surface area (Å²) in [5, 5.41) is 7.21. The highest BCUT2D eigenvalue weighted by Gasteiger charge is 2.29. The van der Waals surface area contributed by atoms with Gasteiger partial charge in [-0.05, 0) is 33.8 Å². The Morgan fingerprint density at radius 2 is 2.00 bits per heavy atom. The van der Waals surface area contributed by atoms with E-state index in [1.165, 1.54) is 0 Å². The molecule has 1 N–H and O–H groups in total. The Hall–Kier alpha value is -2.06. The Balaban J connectivity index is 1.69. The largest absolute Gasteiger partial charge is 0.379 e. The molecule has 0 aliphatic carbocycles. The highest BCUT2D eigenvalue weighted by molar-refractivity contribution is 5.90. The molecular weight excluding hydrogens is 308 g/mol. The maximum absolute atomic E-state index is 12.4. The first-order valence-electron chi connectivity index (χ1n) is 8.19. The van der Waals surface area contributed by atoms with E-state index in [0.29, 0.717) is 12.3 Å².